The molecule has 1 aromatic carbocycles. The van der Waals surface area contributed by atoms with Crippen LogP contribution in [0.2, 0.25) is 0 Å². The van der Waals surface area contributed by atoms with Crippen LogP contribution < -0.4 is 5.32 Å². The third-order valence-electron chi connectivity index (χ3n) is 4.91. The molecular formula is C19H22N4O2S2. The van der Waals surface area contributed by atoms with Gasteiger partial charge in [0.15, 0.2) is 0 Å². The maximum absolute atomic E-state index is 11.7. The zero-order valence-electron chi connectivity index (χ0n) is 15.3. The molecule has 1 aliphatic heterocycles. The van der Waals surface area contributed by atoms with Crippen LogP contribution in [0.5, 0.6) is 0 Å². The quantitative estimate of drug-likeness (QED) is 0.723. The Balaban J connectivity index is 1.63. The number of fused-ring (bicyclic) bond motifs is 1. The van der Waals surface area contributed by atoms with Gasteiger partial charge in [-0.25, -0.2) is 17.7 Å². The Morgan fingerprint density at radius 1 is 1.22 bits per heavy atom. The zero-order chi connectivity index (χ0) is 19.0. The van der Waals surface area contributed by atoms with Crippen molar-refractivity contribution in [3.63, 3.8) is 0 Å². The number of piperidine rings is 1. The Bertz CT molecular complexity index is 1070. The smallest absolute Gasteiger partial charge is 0.211 e. The molecular weight excluding hydrogens is 380 g/mol. The summed E-state index contributed by atoms with van der Waals surface area (Å²) in [6.45, 7) is 3.16. The van der Waals surface area contributed by atoms with Crippen molar-refractivity contribution in [3.05, 3.63) is 41.7 Å². The molecule has 0 aliphatic carbocycles. The van der Waals surface area contributed by atoms with E-state index < -0.39 is 10.0 Å². The number of hydrogen-bond donors (Lipinski definition) is 1. The Labute approximate surface area is 163 Å². The highest BCUT2D eigenvalue weighted by atomic mass is 32.2. The van der Waals surface area contributed by atoms with E-state index in [-0.39, 0.29) is 6.04 Å². The second-order valence-corrected chi connectivity index (χ2v) is 10.2. The molecule has 2 aromatic heterocycles. The summed E-state index contributed by atoms with van der Waals surface area (Å²) in [5.74, 6) is 0. The average Bonchev–Trinajstić information content (AvgIpc) is 3.08. The molecule has 1 N–H and O–H groups in total. The molecule has 0 spiro atoms. The van der Waals surface area contributed by atoms with E-state index >= 15 is 0 Å². The van der Waals surface area contributed by atoms with Crippen LogP contribution >= 0.6 is 11.3 Å². The van der Waals surface area contributed by atoms with Crippen LogP contribution in [-0.2, 0) is 10.0 Å². The summed E-state index contributed by atoms with van der Waals surface area (Å²) in [6, 6.07) is 6.52. The van der Waals surface area contributed by atoms with Gasteiger partial charge in [0.25, 0.3) is 0 Å². The van der Waals surface area contributed by atoms with Gasteiger partial charge in [0.1, 0.15) is 5.01 Å². The van der Waals surface area contributed by atoms with Gasteiger partial charge in [-0.15, -0.1) is 11.3 Å². The van der Waals surface area contributed by atoms with Crippen molar-refractivity contribution in [3.8, 4) is 10.6 Å². The van der Waals surface area contributed by atoms with E-state index in [2.05, 4.69) is 34.3 Å². The molecule has 142 valence electrons. The van der Waals surface area contributed by atoms with E-state index in [0.29, 0.717) is 13.1 Å². The zero-order valence-corrected chi connectivity index (χ0v) is 17.0. The fourth-order valence-electron chi connectivity index (χ4n) is 3.48. The average molecular weight is 403 g/mol. The Morgan fingerprint density at radius 3 is 2.67 bits per heavy atom. The summed E-state index contributed by atoms with van der Waals surface area (Å²) in [4.78, 5) is 9.98. The predicted octanol–water partition coefficient (Wildman–Crippen LogP) is 3.50. The van der Waals surface area contributed by atoms with E-state index in [1.54, 1.807) is 21.8 Å². The first-order valence-corrected chi connectivity index (χ1v) is 11.6. The summed E-state index contributed by atoms with van der Waals surface area (Å²) in [5.41, 5.74) is 2.11. The van der Waals surface area contributed by atoms with E-state index in [1.165, 1.54) is 11.1 Å². The van der Waals surface area contributed by atoms with Crippen molar-refractivity contribution in [2.75, 3.05) is 24.7 Å². The number of benzene rings is 1. The number of pyridine rings is 1. The molecule has 0 amide bonds. The maximum atomic E-state index is 11.7. The van der Waals surface area contributed by atoms with Crippen LogP contribution in [0.25, 0.3) is 21.3 Å². The molecule has 4 rings (SSSR count). The molecule has 1 aliphatic rings. The largest absolute Gasteiger partial charge is 0.382 e. The summed E-state index contributed by atoms with van der Waals surface area (Å²) >= 11 is 1.68. The van der Waals surface area contributed by atoms with Crippen molar-refractivity contribution in [2.24, 2.45) is 0 Å². The van der Waals surface area contributed by atoms with E-state index in [4.69, 9.17) is 0 Å². The minimum Gasteiger partial charge on any atom is -0.382 e. The molecule has 6 nitrogen and oxygen atoms in total. The summed E-state index contributed by atoms with van der Waals surface area (Å²) < 4.78 is 25.0. The number of rotatable bonds is 4. The first-order chi connectivity index (χ1) is 12.9. The van der Waals surface area contributed by atoms with Crippen LogP contribution in [0, 0.1) is 6.92 Å². The van der Waals surface area contributed by atoms with Gasteiger partial charge < -0.3 is 5.32 Å². The van der Waals surface area contributed by atoms with Gasteiger partial charge in [0.05, 0.1) is 6.26 Å². The topological polar surface area (TPSA) is 75.2 Å². The van der Waals surface area contributed by atoms with Crippen molar-refractivity contribution >= 4 is 37.8 Å². The third-order valence-corrected chi connectivity index (χ3v) is 7.17. The van der Waals surface area contributed by atoms with Crippen molar-refractivity contribution in [2.45, 2.75) is 25.8 Å². The monoisotopic (exact) mass is 402 g/mol. The van der Waals surface area contributed by atoms with Gasteiger partial charge in [-0.3, -0.25) is 4.98 Å². The van der Waals surface area contributed by atoms with Crippen molar-refractivity contribution in [1.82, 2.24) is 14.3 Å². The van der Waals surface area contributed by atoms with Gasteiger partial charge in [0.2, 0.25) is 10.0 Å². The van der Waals surface area contributed by atoms with Crippen LogP contribution in [0.3, 0.4) is 0 Å². The SMILES string of the molecule is Cc1cnc(-c2cc(NC3CCN(S(C)(=O)=O)CC3)c3cnccc3c2)s1. The van der Waals surface area contributed by atoms with Crippen LogP contribution in [0.4, 0.5) is 5.69 Å². The first kappa shape index (κ1) is 18.3. The molecule has 1 fully saturated rings. The lowest BCUT2D eigenvalue weighted by Gasteiger charge is -2.31. The number of aryl methyl sites for hydroxylation is 1. The van der Waals surface area contributed by atoms with Crippen LogP contribution in [-0.4, -0.2) is 48.1 Å². The molecule has 0 unspecified atom stereocenters. The number of thiazole rings is 1. The van der Waals surface area contributed by atoms with Gasteiger partial charge in [-0.2, -0.15) is 0 Å². The van der Waals surface area contributed by atoms with E-state index in [0.717, 1.165) is 39.9 Å². The molecule has 0 bridgehead atoms. The predicted molar refractivity (Wildman–Crippen MR) is 111 cm³/mol. The van der Waals surface area contributed by atoms with Crippen LogP contribution in [0.15, 0.2) is 36.8 Å². The Morgan fingerprint density at radius 2 is 2.00 bits per heavy atom. The van der Waals surface area contributed by atoms with Gasteiger partial charge >= 0.3 is 0 Å². The molecule has 8 heteroatoms. The molecule has 0 radical (unpaired) electrons. The minimum absolute atomic E-state index is 0.236. The molecule has 27 heavy (non-hydrogen) atoms. The molecule has 0 atom stereocenters. The Hall–Kier alpha value is -2.03. The first-order valence-electron chi connectivity index (χ1n) is 8.92. The maximum Gasteiger partial charge on any atom is 0.211 e. The second kappa shape index (κ2) is 7.18. The highest BCUT2D eigenvalue weighted by molar-refractivity contribution is 7.88. The number of nitrogens with one attached hydrogen (secondary N) is 1. The normalized spacial score (nSPS) is 16.7. The number of aromatic nitrogens is 2. The van der Waals surface area contributed by atoms with Crippen LogP contribution in [0.1, 0.15) is 17.7 Å². The van der Waals surface area contributed by atoms with Gasteiger partial charge in [-0.05, 0) is 43.4 Å². The lowest BCUT2D eigenvalue weighted by molar-refractivity contribution is 0.332. The van der Waals surface area contributed by atoms with Crippen molar-refractivity contribution in [1.29, 1.82) is 0 Å². The highest BCUT2D eigenvalue weighted by Gasteiger charge is 2.25. The molecule has 0 saturated carbocycles. The Kier molecular flexibility index (Phi) is 4.88. The number of anilines is 1. The highest BCUT2D eigenvalue weighted by Crippen LogP contribution is 2.33. The third kappa shape index (κ3) is 3.97. The standard InChI is InChI=1S/C19H22N4O2S2/c1-13-11-21-19(26-13)15-9-14-3-6-20-12-17(14)18(10-15)22-16-4-7-23(8-5-16)27(2,24)25/h3,6,9-12,16,22H,4-5,7-8H2,1-2H3. The van der Waals surface area contributed by atoms with E-state index in [9.17, 15) is 8.42 Å². The van der Waals surface area contributed by atoms with E-state index in [1.807, 2.05) is 18.5 Å². The van der Waals surface area contributed by atoms with Gasteiger partial charge in [0, 0.05) is 59.2 Å². The summed E-state index contributed by atoms with van der Waals surface area (Å²) in [5, 5.41) is 6.82. The molecule has 1 saturated heterocycles. The second-order valence-electron chi connectivity index (χ2n) is 6.98. The lowest BCUT2D eigenvalue weighted by atomic mass is 10.0. The number of hydrogen-bond acceptors (Lipinski definition) is 6. The summed E-state index contributed by atoms with van der Waals surface area (Å²) in [6.07, 6.45) is 8.42. The fourth-order valence-corrected chi connectivity index (χ4v) is 5.11. The number of nitrogens with zero attached hydrogens (tertiary/aromatic N) is 3. The van der Waals surface area contributed by atoms with Crippen molar-refractivity contribution < 1.29 is 8.42 Å². The minimum atomic E-state index is -3.11. The fraction of sp³-hybridized carbons (Fsp3) is 0.368. The van der Waals surface area contributed by atoms with Gasteiger partial charge in [-0.1, -0.05) is 0 Å². The lowest BCUT2D eigenvalue weighted by Crippen LogP contribution is -2.41. The molecule has 3 heterocycles. The number of sulfonamides is 1. The summed E-state index contributed by atoms with van der Waals surface area (Å²) in [7, 11) is -3.11. The molecule has 3 aromatic rings.